The molecule has 0 aromatic carbocycles. The van der Waals surface area contributed by atoms with Gasteiger partial charge in [0.25, 0.3) is 0 Å². The number of Topliss-reactive ketones (excluding diaryl/α,β-unsaturated/α-hetero) is 2. The molecule has 0 unspecified atom stereocenters. The van der Waals surface area contributed by atoms with E-state index in [4.69, 9.17) is 9.97 Å². The minimum Gasteiger partial charge on any atom is -0.300 e. The van der Waals surface area contributed by atoms with Gasteiger partial charge in [0.1, 0.15) is 11.5 Å². The highest BCUT2D eigenvalue weighted by Gasteiger charge is 2.33. The van der Waals surface area contributed by atoms with E-state index in [1.807, 2.05) is 6.92 Å². The number of aromatic nitrogens is 2. The fraction of sp³-hybridized carbons (Fsp3) is 0.619. The number of unbranched alkanes of at least 4 members (excludes halogenated alkanes) is 2. The number of hydrogen-bond donors (Lipinski definition) is 0. The third-order valence-electron chi connectivity index (χ3n) is 5.32. The number of rotatable bonds is 11. The summed E-state index contributed by atoms with van der Waals surface area (Å²) in [5.74, 6) is 1.66. The maximum atomic E-state index is 12.8. The van der Waals surface area contributed by atoms with Crippen molar-refractivity contribution >= 4 is 34.2 Å². The molecule has 0 bridgehead atoms. The van der Waals surface area contributed by atoms with Crippen molar-refractivity contribution in [3.05, 3.63) is 21.6 Å². The van der Waals surface area contributed by atoms with Crippen LogP contribution in [0, 0.1) is 0 Å². The largest absolute Gasteiger partial charge is 0.300 e. The van der Waals surface area contributed by atoms with Crippen molar-refractivity contribution in [1.29, 1.82) is 0 Å². The molecule has 27 heavy (non-hydrogen) atoms. The number of carbonyl (C=O) groups is 2. The first-order valence-electron chi connectivity index (χ1n) is 10.2. The molecule has 2 aromatic rings. The van der Waals surface area contributed by atoms with Gasteiger partial charge in [-0.3, -0.25) is 9.59 Å². The summed E-state index contributed by atoms with van der Waals surface area (Å²) in [6.07, 6.45) is 9.31. The fourth-order valence-electron chi connectivity index (χ4n) is 3.28. The van der Waals surface area contributed by atoms with Crippen molar-refractivity contribution in [2.45, 2.75) is 83.0 Å². The minimum atomic E-state index is 0.167. The number of thiazole rings is 2. The average molecular weight is 403 g/mol. The molecule has 4 nitrogen and oxygen atoms in total. The van der Waals surface area contributed by atoms with Gasteiger partial charge in [-0.2, -0.15) is 0 Å². The zero-order valence-electron chi connectivity index (χ0n) is 15.8. The highest BCUT2D eigenvalue weighted by atomic mass is 32.1. The van der Waals surface area contributed by atoms with Gasteiger partial charge >= 0.3 is 0 Å². The lowest BCUT2D eigenvalue weighted by Gasteiger charge is -2.01. The van der Waals surface area contributed by atoms with E-state index in [1.54, 1.807) is 22.7 Å². The summed E-state index contributed by atoms with van der Waals surface area (Å²) in [5, 5.41) is 4.05. The van der Waals surface area contributed by atoms with Gasteiger partial charge in [-0.05, 0) is 44.4 Å². The van der Waals surface area contributed by atoms with Crippen molar-refractivity contribution in [1.82, 2.24) is 9.97 Å². The molecule has 2 saturated carbocycles. The van der Waals surface area contributed by atoms with Gasteiger partial charge in [0.05, 0.1) is 5.69 Å². The Kier molecular flexibility index (Phi) is 5.83. The molecule has 0 aliphatic heterocycles. The van der Waals surface area contributed by atoms with E-state index in [0.717, 1.165) is 29.3 Å². The standard InChI is InChI=1S/C21H26N2O2S2/c1-2-15(24)6-4-3-5-7-17(25)18-19(14-10-11-14)27-21(23-18)20-22-16(12-26-20)13-8-9-13/h12-14H,2-11H2,1H3. The Hall–Kier alpha value is -1.40. The van der Waals surface area contributed by atoms with E-state index in [9.17, 15) is 9.59 Å². The topological polar surface area (TPSA) is 59.9 Å². The summed E-state index contributed by atoms with van der Waals surface area (Å²) in [7, 11) is 0. The lowest BCUT2D eigenvalue weighted by Crippen LogP contribution is -2.03. The first-order chi connectivity index (χ1) is 13.2. The van der Waals surface area contributed by atoms with Gasteiger partial charge in [-0.25, -0.2) is 9.97 Å². The van der Waals surface area contributed by atoms with E-state index in [2.05, 4.69) is 5.38 Å². The third-order valence-corrected chi connectivity index (χ3v) is 7.54. The minimum absolute atomic E-state index is 0.167. The second-order valence-electron chi connectivity index (χ2n) is 7.73. The fourth-order valence-corrected chi connectivity index (χ4v) is 5.46. The van der Waals surface area contributed by atoms with E-state index in [-0.39, 0.29) is 5.78 Å². The van der Waals surface area contributed by atoms with E-state index >= 15 is 0 Å². The molecule has 2 aliphatic carbocycles. The molecule has 0 radical (unpaired) electrons. The molecule has 2 fully saturated rings. The zero-order chi connectivity index (χ0) is 18.8. The first kappa shape index (κ1) is 18.9. The highest BCUT2D eigenvalue weighted by Crippen LogP contribution is 2.47. The quantitative estimate of drug-likeness (QED) is 0.335. The van der Waals surface area contributed by atoms with Crippen LogP contribution in [-0.4, -0.2) is 21.5 Å². The molecular weight excluding hydrogens is 376 g/mol. The summed E-state index contributed by atoms with van der Waals surface area (Å²) >= 11 is 3.34. The van der Waals surface area contributed by atoms with Gasteiger partial charge in [0.15, 0.2) is 15.8 Å². The summed E-state index contributed by atoms with van der Waals surface area (Å²) in [5.41, 5.74) is 1.90. The Labute approximate surface area is 168 Å². The zero-order valence-corrected chi connectivity index (χ0v) is 17.5. The summed E-state index contributed by atoms with van der Waals surface area (Å²) < 4.78 is 0. The van der Waals surface area contributed by atoms with E-state index in [1.165, 1.54) is 36.3 Å². The molecule has 0 spiro atoms. The first-order valence-corrected chi connectivity index (χ1v) is 11.9. The lowest BCUT2D eigenvalue weighted by molar-refractivity contribution is -0.118. The van der Waals surface area contributed by atoms with Crippen LogP contribution in [0.1, 0.15) is 104 Å². The van der Waals surface area contributed by atoms with Crippen molar-refractivity contribution in [3.8, 4) is 10.0 Å². The van der Waals surface area contributed by atoms with Gasteiger partial charge in [0, 0.05) is 35.4 Å². The number of nitrogens with zero attached hydrogens (tertiary/aromatic N) is 2. The van der Waals surface area contributed by atoms with Crippen LogP contribution in [-0.2, 0) is 4.79 Å². The normalized spacial score (nSPS) is 16.6. The van der Waals surface area contributed by atoms with Crippen LogP contribution >= 0.6 is 22.7 Å². The average Bonchev–Trinajstić information content (AvgIpc) is 3.61. The summed E-state index contributed by atoms with van der Waals surface area (Å²) in [6, 6.07) is 0. The highest BCUT2D eigenvalue weighted by molar-refractivity contribution is 7.21. The monoisotopic (exact) mass is 402 g/mol. The van der Waals surface area contributed by atoms with Crippen LogP contribution in [0.15, 0.2) is 5.38 Å². The predicted molar refractivity (Wildman–Crippen MR) is 110 cm³/mol. The van der Waals surface area contributed by atoms with Crippen LogP contribution in [0.3, 0.4) is 0 Å². The van der Waals surface area contributed by atoms with Gasteiger partial charge in [-0.15, -0.1) is 22.7 Å². The molecular formula is C21H26N2O2S2. The SMILES string of the molecule is CCC(=O)CCCCCC(=O)c1nc(-c2nc(C3CC3)cs2)sc1C1CC1. The number of carbonyl (C=O) groups excluding carboxylic acids is 2. The van der Waals surface area contributed by atoms with E-state index in [0.29, 0.717) is 42.6 Å². The molecule has 2 heterocycles. The third kappa shape index (κ3) is 4.72. The van der Waals surface area contributed by atoms with Crippen LogP contribution < -0.4 is 0 Å². The molecule has 0 saturated heterocycles. The van der Waals surface area contributed by atoms with Crippen LogP contribution in [0.2, 0.25) is 0 Å². The Morgan fingerprint density at radius 1 is 1.00 bits per heavy atom. The molecule has 4 rings (SSSR count). The lowest BCUT2D eigenvalue weighted by atomic mass is 10.0. The number of hydrogen-bond acceptors (Lipinski definition) is 6. The van der Waals surface area contributed by atoms with E-state index < -0.39 is 0 Å². The Morgan fingerprint density at radius 2 is 1.74 bits per heavy atom. The summed E-state index contributed by atoms with van der Waals surface area (Å²) in [6.45, 7) is 1.90. The molecule has 2 aliphatic rings. The van der Waals surface area contributed by atoms with Crippen molar-refractivity contribution in [2.75, 3.05) is 0 Å². The Bertz CT molecular complexity index is 831. The van der Waals surface area contributed by atoms with Gasteiger partial charge < -0.3 is 0 Å². The van der Waals surface area contributed by atoms with Crippen LogP contribution in [0.25, 0.3) is 10.0 Å². The van der Waals surface area contributed by atoms with Gasteiger partial charge in [-0.1, -0.05) is 13.3 Å². The van der Waals surface area contributed by atoms with Crippen LogP contribution in [0.5, 0.6) is 0 Å². The van der Waals surface area contributed by atoms with Crippen molar-refractivity contribution in [2.24, 2.45) is 0 Å². The molecule has 0 atom stereocenters. The molecule has 0 amide bonds. The molecule has 144 valence electrons. The summed E-state index contributed by atoms with van der Waals surface area (Å²) in [4.78, 5) is 34.8. The second-order valence-corrected chi connectivity index (χ2v) is 9.62. The Balaban J connectivity index is 1.39. The molecule has 2 aromatic heterocycles. The van der Waals surface area contributed by atoms with Crippen molar-refractivity contribution in [3.63, 3.8) is 0 Å². The van der Waals surface area contributed by atoms with Crippen LogP contribution in [0.4, 0.5) is 0 Å². The smallest absolute Gasteiger partial charge is 0.182 e. The van der Waals surface area contributed by atoms with Gasteiger partial charge in [0.2, 0.25) is 0 Å². The number of ketones is 2. The maximum absolute atomic E-state index is 12.8. The second kappa shape index (κ2) is 8.31. The molecule has 0 N–H and O–H groups in total. The molecule has 6 heteroatoms. The Morgan fingerprint density at radius 3 is 2.44 bits per heavy atom. The predicted octanol–water partition coefficient (Wildman–Crippen LogP) is 6.13. The maximum Gasteiger partial charge on any atom is 0.182 e. The van der Waals surface area contributed by atoms with Crippen molar-refractivity contribution < 1.29 is 9.59 Å².